The van der Waals surface area contributed by atoms with Crippen LogP contribution in [0.25, 0.3) is 0 Å². The van der Waals surface area contributed by atoms with Gasteiger partial charge in [-0.3, -0.25) is 4.98 Å². The van der Waals surface area contributed by atoms with Gasteiger partial charge >= 0.3 is 5.97 Å². The molecule has 1 aromatic heterocycles. The molecule has 0 unspecified atom stereocenters. The molecule has 0 saturated heterocycles. The Bertz CT molecular complexity index is 267. The van der Waals surface area contributed by atoms with Crippen LogP contribution in [0.5, 0.6) is 0 Å². The molecule has 0 spiro atoms. The maximum Gasteiger partial charge on any atom is 0.336 e. The van der Waals surface area contributed by atoms with Gasteiger partial charge in [0.15, 0.2) is 0 Å². The molecule has 0 aromatic carbocycles. The third-order valence-corrected chi connectivity index (χ3v) is 1.39. The van der Waals surface area contributed by atoms with Gasteiger partial charge in [0, 0.05) is 17.3 Å². The van der Waals surface area contributed by atoms with E-state index in [-0.39, 0.29) is 18.0 Å². The first-order chi connectivity index (χ1) is 4.72. The number of aromatic nitrogens is 1. The lowest BCUT2D eigenvalue weighted by molar-refractivity contribution is 0.0693. The number of thiol groups is 1. The van der Waals surface area contributed by atoms with Gasteiger partial charge < -0.3 is 5.11 Å². The number of hydrogen-bond donors (Lipinski definition) is 2. The van der Waals surface area contributed by atoms with Crippen LogP contribution < -0.4 is 0 Å². The summed E-state index contributed by atoms with van der Waals surface area (Å²) in [7, 11) is 0. The van der Waals surface area contributed by atoms with Crippen LogP contribution in [0.2, 0.25) is 0 Å². The number of carboxylic acid groups (broad SMARTS) is 1. The van der Waals surface area contributed by atoms with Crippen molar-refractivity contribution in [1.29, 1.82) is 0 Å². The molecule has 0 fully saturated rings. The van der Waals surface area contributed by atoms with Crippen molar-refractivity contribution in [1.82, 2.24) is 4.98 Å². The molecule has 1 heterocycles. The van der Waals surface area contributed by atoms with Gasteiger partial charge in [0.05, 0.1) is 5.56 Å². The second kappa shape index (κ2) is 4.20. The number of nitrogens with zero attached hydrogens (tertiary/aromatic N) is 1. The molecule has 0 aliphatic carbocycles. The van der Waals surface area contributed by atoms with Crippen LogP contribution in [-0.4, -0.2) is 16.1 Å². The molecule has 1 rings (SSSR count). The van der Waals surface area contributed by atoms with Crippen LogP contribution in [-0.2, 0) is 0 Å². The fourth-order valence-corrected chi connectivity index (χ4v) is 0.804. The first kappa shape index (κ1) is 10.3. The predicted octanol–water partition coefficient (Wildman–Crippen LogP) is 1.49. The van der Waals surface area contributed by atoms with E-state index in [4.69, 9.17) is 5.11 Å². The Balaban J connectivity index is 0.000001000. The van der Waals surface area contributed by atoms with Gasteiger partial charge in [0.1, 0.15) is 0 Å². The maximum atomic E-state index is 10.3. The Kier molecular flexibility index (Phi) is 3.92. The lowest BCUT2D eigenvalue weighted by Crippen LogP contribution is -1.97. The van der Waals surface area contributed by atoms with E-state index in [0.29, 0.717) is 4.90 Å². The molecule has 0 radical (unpaired) electrons. The highest BCUT2D eigenvalue weighted by Gasteiger charge is 2.04. The summed E-state index contributed by atoms with van der Waals surface area (Å²) in [6, 6.07) is 1.41. The number of aromatic carboxylic acids is 1. The molecule has 0 aliphatic heterocycles. The molecule has 1 aromatic rings. The van der Waals surface area contributed by atoms with Crippen molar-refractivity contribution >= 4 is 31.0 Å². The van der Waals surface area contributed by atoms with Gasteiger partial charge in [-0.1, -0.05) is 0 Å². The molecule has 11 heavy (non-hydrogen) atoms. The van der Waals surface area contributed by atoms with Crippen LogP contribution in [0.3, 0.4) is 0 Å². The van der Waals surface area contributed by atoms with Gasteiger partial charge in [-0.15, -0.1) is 25.0 Å². The summed E-state index contributed by atoms with van der Waals surface area (Å²) in [4.78, 5) is 14.4. The molecule has 0 aliphatic rings. The fourth-order valence-electron chi connectivity index (χ4n) is 0.567. The highest BCUT2D eigenvalue weighted by molar-refractivity contribution is 7.80. The van der Waals surface area contributed by atoms with Crippen molar-refractivity contribution in [2.45, 2.75) is 4.90 Å². The largest absolute Gasteiger partial charge is 0.478 e. The Morgan fingerprint density at radius 3 is 2.64 bits per heavy atom. The van der Waals surface area contributed by atoms with Crippen LogP contribution >= 0.6 is 25.0 Å². The topological polar surface area (TPSA) is 50.2 Å². The third-order valence-electron chi connectivity index (χ3n) is 1.03. The monoisotopic (exact) mass is 191 g/mol. The van der Waals surface area contributed by atoms with E-state index < -0.39 is 5.97 Å². The SMILES string of the molecule is Cl.O=C(O)c1ccncc1S. The van der Waals surface area contributed by atoms with Crippen LogP contribution in [0.15, 0.2) is 23.4 Å². The molecule has 0 atom stereocenters. The van der Waals surface area contributed by atoms with Crippen molar-refractivity contribution in [3.63, 3.8) is 0 Å². The van der Waals surface area contributed by atoms with Gasteiger partial charge in [-0.2, -0.15) is 0 Å². The first-order valence-corrected chi connectivity index (χ1v) is 3.03. The zero-order chi connectivity index (χ0) is 7.56. The van der Waals surface area contributed by atoms with Crippen molar-refractivity contribution in [3.05, 3.63) is 24.0 Å². The van der Waals surface area contributed by atoms with Crippen molar-refractivity contribution in [2.75, 3.05) is 0 Å². The van der Waals surface area contributed by atoms with E-state index in [2.05, 4.69) is 17.6 Å². The summed E-state index contributed by atoms with van der Waals surface area (Å²) >= 11 is 3.89. The minimum atomic E-state index is -0.979. The van der Waals surface area contributed by atoms with E-state index in [0.717, 1.165) is 0 Å². The average Bonchev–Trinajstić information content (AvgIpc) is 1.88. The van der Waals surface area contributed by atoms with Crippen LogP contribution in [0.4, 0.5) is 0 Å². The Hall–Kier alpha value is -0.740. The Labute approximate surface area is 75.3 Å². The first-order valence-electron chi connectivity index (χ1n) is 2.58. The maximum absolute atomic E-state index is 10.3. The summed E-state index contributed by atoms with van der Waals surface area (Å²) in [6.45, 7) is 0. The highest BCUT2D eigenvalue weighted by Crippen LogP contribution is 2.09. The van der Waals surface area contributed by atoms with E-state index in [1.807, 2.05) is 0 Å². The van der Waals surface area contributed by atoms with E-state index in [1.54, 1.807) is 0 Å². The summed E-state index contributed by atoms with van der Waals surface area (Å²) in [6.07, 6.45) is 2.82. The Morgan fingerprint density at radius 2 is 2.27 bits per heavy atom. The van der Waals surface area contributed by atoms with Crippen molar-refractivity contribution in [3.8, 4) is 0 Å². The van der Waals surface area contributed by atoms with E-state index in [9.17, 15) is 4.79 Å². The predicted molar refractivity (Wildman–Crippen MR) is 45.7 cm³/mol. The van der Waals surface area contributed by atoms with Crippen molar-refractivity contribution in [2.24, 2.45) is 0 Å². The number of rotatable bonds is 1. The van der Waals surface area contributed by atoms with Gasteiger partial charge in [0.2, 0.25) is 0 Å². The van der Waals surface area contributed by atoms with Crippen molar-refractivity contribution < 1.29 is 9.90 Å². The van der Waals surface area contributed by atoms with Crippen LogP contribution in [0.1, 0.15) is 10.4 Å². The highest BCUT2D eigenvalue weighted by atomic mass is 35.5. The summed E-state index contributed by atoms with van der Waals surface area (Å²) in [5, 5.41) is 8.49. The number of pyridine rings is 1. The molecular formula is C6H6ClNO2S. The number of carbonyl (C=O) groups is 1. The second-order valence-corrected chi connectivity index (χ2v) is 2.18. The fraction of sp³-hybridized carbons (Fsp3) is 0. The lowest BCUT2D eigenvalue weighted by Gasteiger charge is -1.94. The van der Waals surface area contributed by atoms with Gasteiger partial charge in [-0.25, -0.2) is 4.79 Å². The van der Waals surface area contributed by atoms with Gasteiger partial charge in [0.25, 0.3) is 0 Å². The molecular weight excluding hydrogens is 186 g/mol. The summed E-state index contributed by atoms with van der Waals surface area (Å²) in [5.74, 6) is -0.979. The molecule has 0 bridgehead atoms. The minimum absolute atomic E-state index is 0. The molecule has 1 N–H and O–H groups in total. The minimum Gasteiger partial charge on any atom is -0.478 e. The normalized spacial score (nSPS) is 8.45. The average molecular weight is 192 g/mol. The zero-order valence-electron chi connectivity index (χ0n) is 5.39. The second-order valence-electron chi connectivity index (χ2n) is 1.70. The number of halogens is 1. The smallest absolute Gasteiger partial charge is 0.336 e. The molecule has 0 saturated carbocycles. The zero-order valence-corrected chi connectivity index (χ0v) is 7.10. The van der Waals surface area contributed by atoms with E-state index >= 15 is 0 Å². The molecule has 60 valence electrons. The molecule has 0 amide bonds. The van der Waals surface area contributed by atoms with Crippen LogP contribution in [0, 0.1) is 0 Å². The number of hydrogen-bond acceptors (Lipinski definition) is 3. The summed E-state index contributed by atoms with van der Waals surface area (Å²) < 4.78 is 0. The van der Waals surface area contributed by atoms with E-state index in [1.165, 1.54) is 18.5 Å². The number of carboxylic acids is 1. The lowest BCUT2D eigenvalue weighted by atomic mass is 10.3. The van der Waals surface area contributed by atoms with Gasteiger partial charge in [-0.05, 0) is 6.07 Å². The standard InChI is InChI=1S/C6H5NO2S.ClH/c8-6(9)4-1-2-7-3-5(4)10;/h1-3,10H,(H,8,9);1H. The summed E-state index contributed by atoms with van der Waals surface area (Å²) in [5.41, 5.74) is 0.179. The quantitative estimate of drug-likeness (QED) is 0.662. The molecule has 5 heteroatoms. The molecule has 3 nitrogen and oxygen atoms in total. The third kappa shape index (κ3) is 2.40. The Morgan fingerprint density at radius 1 is 1.64 bits per heavy atom.